The number of nitrogens with one attached hydrogen (secondary N) is 2. The smallest absolute Gasteiger partial charge is 0.408 e. The van der Waals surface area contributed by atoms with E-state index >= 15 is 0 Å². The predicted octanol–water partition coefficient (Wildman–Crippen LogP) is 4.27. The molecular formula is C25H41N3O4S. The number of hydrogen-bond acceptors (Lipinski definition) is 5. The highest BCUT2D eigenvalue weighted by Gasteiger charge is 2.35. The number of amides is 3. The van der Waals surface area contributed by atoms with Gasteiger partial charge in [0.2, 0.25) is 11.8 Å². The number of ether oxygens (including phenoxy) is 1. The maximum Gasteiger partial charge on any atom is 0.408 e. The van der Waals surface area contributed by atoms with Crippen molar-refractivity contribution in [2.24, 2.45) is 0 Å². The van der Waals surface area contributed by atoms with Crippen LogP contribution in [0, 0.1) is 0 Å². The molecule has 2 unspecified atom stereocenters. The Bertz CT molecular complexity index is 775. The fraction of sp³-hybridized carbons (Fsp3) is 0.640. The average Bonchev–Trinajstić information content (AvgIpc) is 2.72. The Morgan fingerprint density at radius 3 is 2.12 bits per heavy atom. The first-order valence-electron chi connectivity index (χ1n) is 11.7. The van der Waals surface area contributed by atoms with E-state index in [1.807, 2.05) is 45.0 Å². The lowest BCUT2D eigenvalue weighted by atomic mass is 10.00. The number of rotatable bonds is 11. The Balaban J connectivity index is 3.34. The van der Waals surface area contributed by atoms with Crippen LogP contribution in [0.3, 0.4) is 0 Å². The molecular weight excluding hydrogens is 438 g/mol. The minimum atomic E-state index is -0.927. The molecule has 3 amide bonds. The van der Waals surface area contributed by atoms with Crippen LogP contribution in [-0.2, 0) is 20.7 Å². The van der Waals surface area contributed by atoms with Gasteiger partial charge in [0, 0.05) is 18.3 Å². The van der Waals surface area contributed by atoms with Crippen LogP contribution < -0.4 is 10.6 Å². The molecule has 0 aliphatic heterocycles. The van der Waals surface area contributed by atoms with Gasteiger partial charge in [0.1, 0.15) is 17.7 Å². The molecule has 0 aliphatic carbocycles. The van der Waals surface area contributed by atoms with Gasteiger partial charge in [-0.15, -0.1) is 0 Å². The molecule has 0 saturated carbocycles. The fourth-order valence-electron chi connectivity index (χ4n) is 3.30. The van der Waals surface area contributed by atoms with Gasteiger partial charge in [0.15, 0.2) is 0 Å². The summed E-state index contributed by atoms with van der Waals surface area (Å²) in [6.45, 7) is 13.5. The van der Waals surface area contributed by atoms with Gasteiger partial charge in [-0.05, 0) is 58.6 Å². The third kappa shape index (κ3) is 9.66. The van der Waals surface area contributed by atoms with E-state index in [0.717, 1.165) is 30.4 Å². The summed E-state index contributed by atoms with van der Waals surface area (Å²) in [5.74, 6) is -0.546. The SMILES string of the molecule is CCCCN(C(=O)C(CS)NC(=O)OC(C)(C)C)C(C(=O)NC(C)C)c1ccc(CC)cc1. The Hall–Kier alpha value is -2.22. The van der Waals surface area contributed by atoms with Crippen LogP contribution >= 0.6 is 12.6 Å². The Kier molecular flexibility index (Phi) is 11.8. The summed E-state index contributed by atoms with van der Waals surface area (Å²) in [5, 5.41) is 5.57. The fourth-order valence-corrected chi connectivity index (χ4v) is 3.55. The summed E-state index contributed by atoms with van der Waals surface area (Å²) in [7, 11) is 0. The molecule has 0 aromatic heterocycles. The number of thiol groups is 1. The number of hydrogen-bond donors (Lipinski definition) is 3. The molecule has 0 aliphatic rings. The van der Waals surface area contributed by atoms with Gasteiger partial charge in [0.05, 0.1) is 0 Å². The van der Waals surface area contributed by atoms with Crippen LogP contribution in [-0.4, -0.2) is 52.8 Å². The topological polar surface area (TPSA) is 87.7 Å². The number of nitrogens with zero attached hydrogens (tertiary/aromatic N) is 1. The lowest BCUT2D eigenvalue weighted by molar-refractivity contribution is -0.142. The lowest BCUT2D eigenvalue weighted by Gasteiger charge is -2.34. The Morgan fingerprint density at radius 1 is 1.06 bits per heavy atom. The first-order chi connectivity index (χ1) is 15.4. The molecule has 1 aromatic carbocycles. The van der Waals surface area contributed by atoms with Crippen molar-refractivity contribution in [2.45, 2.75) is 91.5 Å². The van der Waals surface area contributed by atoms with E-state index in [4.69, 9.17) is 4.74 Å². The van der Waals surface area contributed by atoms with Crippen molar-refractivity contribution in [1.82, 2.24) is 15.5 Å². The summed E-state index contributed by atoms with van der Waals surface area (Å²) < 4.78 is 5.32. The Morgan fingerprint density at radius 2 is 1.67 bits per heavy atom. The molecule has 0 radical (unpaired) electrons. The van der Waals surface area contributed by atoms with Crippen molar-refractivity contribution in [3.8, 4) is 0 Å². The summed E-state index contributed by atoms with van der Waals surface area (Å²) in [6.07, 6.45) is 1.75. The molecule has 1 aromatic rings. The summed E-state index contributed by atoms with van der Waals surface area (Å²) in [4.78, 5) is 40.8. The van der Waals surface area contributed by atoms with Crippen molar-refractivity contribution in [1.29, 1.82) is 0 Å². The number of benzene rings is 1. The van der Waals surface area contributed by atoms with Crippen LogP contribution in [0.1, 0.15) is 78.5 Å². The number of unbranched alkanes of at least 4 members (excludes halogenated alkanes) is 1. The number of carbonyl (C=O) groups is 3. The Labute approximate surface area is 204 Å². The zero-order chi connectivity index (χ0) is 25.2. The average molecular weight is 480 g/mol. The molecule has 7 nitrogen and oxygen atoms in total. The monoisotopic (exact) mass is 479 g/mol. The summed E-state index contributed by atoms with van der Waals surface area (Å²) in [5.41, 5.74) is 1.18. The highest BCUT2D eigenvalue weighted by molar-refractivity contribution is 7.80. The van der Waals surface area contributed by atoms with E-state index in [1.165, 1.54) is 0 Å². The van der Waals surface area contributed by atoms with Crippen molar-refractivity contribution in [2.75, 3.05) is 12.3 Å². The first kappa shape index (κ1) is 28.8. The first-order valence-corrected chi connectivity index (χ1v) is 12.4. The normalized spacial score (nSPS) is 13.2. The molecule has 0 spiro atoms. The van der Waals surface area contributed by atoms with Crippen molar-refractivity contribution in [3.05, 3.63) is 35.4 Å². The number of aryl methyl sites for hydroxylation is 1. The molecule has 33 heavy (non-hydrogen) atoms. The van der Waals surface area contributed by atoms with Crippen LogP contribution in [0.15, 0.2) is 24.3 Å². The minimum absolute atomic E-state index is 0.0774. The second kappa shape index (κ2) is 13.5. The van der Waals surface area contributed by atoms with Crippen LogP contribution in [0.2, 0.25) is 0 Å². The van der Waals surface area contributed by atoms with Crippen LogP contribution in [0.25, 0.3) is 0 Å². The zero-order valence-electron chi connectivity index (χ0n) is 21.1. The predicted molar refractivity (Wildman–Crippen MR) is 135 cm³/mol. The second-order valence-electron chi connectivity index (χ2n) is 9.43. The van der Waals surface area contributed by atoms with E-state index in [1.54, 1.807) is 25.7 Å². The quantitative estimate of drug-likeness (QED) is 0.414. The minimum Gasteiger partial charge on any atom is -0.444 e. The number of carbonyl (C=O) groups excluding carboxylic acids is 3. The van der Waals surface area contributed by atoms with Gasteiger partial charge >= 0.3 is 6.09 Å². The third-order valence-electron chi connectivity index (χ3n) is 4.90. The maximum absolute atomic E-state index is 13.6. The van der Waals surface area contributed by atoms with Crippen molar-refractivity contribution in [3.63, 3.8) is 0 Å². The van der Waals surface area contributed by atoms with Gasteiger partial charge < -0.3 is 20.3 Å². The lowest BCUT2D eigenvalue weighted by Crippen LogP contribution is -2.54. The summed E-state index contributed by atoms with van der Waals surface area (Å²) in [6, 6.07) is 5.91. The standard InChI is InChI=1S/C25H41N3O4S/c1-8-10-15-28(23(30)20(16-33)27-24(31)32-25(5,6)7)21(22(29)26-17(3)4)19-13-11-18(9-2)12-14-19/h11-14,17,20-21,33H,8-10,15-16H2,1-7H3,(H,26,29)(H,27,31). The molecule has 186 valence electrons. The van der Waals surface area contributed by atoms with E-state index in [0.29, 0.717) is 6.54 Å². The van der Waals surface area contributed by atoms with E-state index < -0.39 is 23.8 Å². The molecule has 1 rings (SSSR count). The molecule has 2 atom stereocenters. The van der Waals surface area contributed by atoms with Gasteiger partial charge in [-0.1, -0.05) is 44.5 Å². The van der Waals surface area contributed by atoms with E-state index in [9.17, 15) is 14.4 Å². The molecule has 0 saturated heterocycles. The van der Waals surface area contributed by atoms with Crippen molar-refractivity contribution < 1.29 is 19.1 Å². The van der Waals surface area contributed by atoms with Crippen LogP contribution in [0.5, 0.6) is 0 Å². The highest BCUT2D eigenvalue weighted by Crippen LogP contribution is 2.24. The van der Waals surface area contributed by atoms with Gasteiger partial charge in [-0.2, -0.15) is 12.6 Å². The molecule has 2 N–H and O–H groups in total. The molecule has 8 heteroatoms. The third-order valence-corrected chi connectivity index (χ3v) is 5.27. The molecule has 0 bridgehead atoms. The van der Waals surface area contributed by atoms with E-state index in [-0.39, 0.29) is 23.6 Å². The van der Waals surface area contributed by atoms with Gasteiger partial charge in [-0.3, -0.25) is 9.59 Å². The number of alkyl carbamates (subject to hydrolysis) is 1. The summed E-state index contributed by atoms with van der Waals surface area (Å²) >= 11 is 4.30. The molecule has 0 heterocycles. The van der Waals surface area contributed by atoms with Crippen molar-refractivity contribution >= 4 is 30.5 Å². The largest absolute Gasteiger partial charge is 0.444 e. The second-order valence-corrected chi connectivity index (χ2v) is 9.79. The molecule has 0 fully saturated rings. The maximum atomic E-state index is 13.6. The van der Waals surface area contributed by atoms with Gasteiger partial charge in [-0.25, -0.2) is 4.79 Å². The van der Waals surface area contributed by atoms with E-state index in [2.05, 4.69) is 30.2 Å². The highest BCUT2D eigenvalue weighted by atomic mass is 32.1. The van der Waals surface area contributed by atoms with Gasteiger partial charge in [0.25, 0.3) is 0 Å². The van der Waals surface area contributed by atoms with Crippen LogP contribution in [0.4, 0.5) is 4.79 Å². The zero-order valence-corrected chi connectivity index (χ0v) is 22.0.